The van der Waals surface area contributed by atoms with Crippen molar-refractivity contribution in [1.82, 2.24) is 15.1 Å². The van der Waals surface area contributed by atoms with E-state index in [0.29, 0.717) is 10.9 Å². The highest BCUT2D eigenvalue weighted by atomic mass is 35.5. The Balaban J connectivity index is 1.53. The predicted molar refractivity (Wildman–Crippen MR) is 78.5 cm³/mol. The van der Waals surface area contributed by atoms with E-state index in [9.17, 15) is 4.79 Å². The largest absolute Gasteiger partial charge is 0.352 e. The normalized spacial score (nSPS) is 29.6. The van der Waals surface area contributed by atoms with Gasteiger partial charge < -0.3 is 5.32 Å². The Morgan fingerprint density at radius 2 is 2.35 bits per heavy atom. The standard InChI is InChI=1S/C15H22ClN3O/c1-9(13-6-11-3-4-12(13)5-11)17-15(20)8-19-7-14(16)10(2)18-19/h7,9,11-13H,3-6,8H2,1-2H3,(H,17,20)/t9-,11+,12+,13+/m0/s1. The van der Waals surface area contributed by atoms with Crippen LogP contribution in [0, 0.1) is 24.7 Å². The summed E-state index contributed by atoms with van der Waals surface area (Å²) in [5.74, 6) is 2.44. The van der Waals surface area contributed by atoms with E-state index in [1.807, 2.05) is 6.92 Å². The Morgan fingerprint density at radius 1 is 1.55 bits per heavy atom. The number of carbonyl (C=O) groups excluding carboxylic acids is 1. The van der Waals surface area contributed by atoms with Crippen LogP contribution in [0.2, 0.25) is 5.02 Å². The van der Waals surface area contributed by atoms with Crippen LogP contribution in [0.1, 0.15) is 38.3 Å². The van der Waals surface area contributed by atoms with Gasteiger partial charge in [0.2, 0.25) is 5.91 Å². The zero-order valence-corrected chi connectivity index (χ0v) is 12.9. The van der Waals surface area contributed by atoms with Crippen molar-refractivity contribution in [3.8, 4) is 0 Å². The summed E-state index contributed by atoms with van der Waals surface area (Å²) in [5, 5.41) is 7.97. The molecular formula is C15H22ClN3O. The number of hydrogen-bond acceptors (Lipinski definition) is 2. The van der Waals surface area contributed by atoms with Gasteiger partial charge in [0.05, 0.1) is 10.7 Å². The monoisotopic (exact) mass is 295 g/mol. The summed E-state index contributed by atoms with van der Waals surface area (Å²) in [6.07, 6.45) is 7.12. The number of aromatic nitrogens is 2. The molecule has 20 heavy (non-hydrogen) atoms. The topological polar surface area (TPSA) is 46.9 Å². The van der Waals surface area contributed by atoms with Crippen LogP contribution in [0.15, 0.2) is 6.20 Å². The molecule has 1 N–H and O–H groups in total. The van der Waals surface area contributed by atoms with Crippen molar-refractivity contribution < 1.29 is 4.79 Å². The molecule has 4 atom stereocenters. The van der Waals surface area contributed by atoms with E-state index in [-0.39, 0.29) is 18.5 Å². The molecule has 1 heterocycles. The van der Waals surface area contributed by atoms with Crippen molar-refractivity contribution in [2.45, 2.75) is 52.1 Å². The van der Waals surface area contributed by atoms with Gasteiger partial charge in [-0.25, -0.2) is 0 Å². The minimum atomic E-state index is 0.0273. The molecule has 2 bridgehead atoms. The van der Waals surface area contributed by atoms with Gasteiger partial charge in [-0.2, -0.15) is 5.10 Å². The third kappa shape index (κ3) is 2.71. The minimum Gasteiger partial charge on any atom is -0.352 e. The van der Waals surface area contributed by atoms with Gasteiger partial charge in [0.1, 0.15) is 6.54 Å². The molecule has 2 saturated carbocycles. The summed E-state index contributed by atoms with van der Waals surface area (Å²) in [6, 6.07) is 0.268. The van der Waals surface area contributed by atoms with E-state index < -0.39 is 0 Å². The molecule has 110 valence electrons. The summed E-state index contributed by atoms with van der Waals surface area (Å²) in [5.41, 5.74) is 0.764. The van der Waals surface area contributed by atoms with Crippen molar-refractivity contribution in [2.24, 2.45) is 17.8 Å². The third-order valence-corrected chi connectivity index (χ3v) is 5.39. The number of nitrogens with zero attached hydrogens (tertiary/aromatic N) is 2. The van der Waals surface area contributed by atoms with Crippen LogP contribution >= 0.6 is 11.6 Å². The Morgan fingerprint density at radius 3 is 2.90 bits per heavy atom. The highest BCUT2D eigenvalue weighted by Gasteiger charge is 2.42. The highest BCUT2D eigenvalue weighted by molar-refractivity contribution is 6.31. The average molecular weight is 296 g/mol. The van der Waals surface area contributed by atoms with E-state index in [0.717, 1.165) is 17.5 Å². The van der Waals surface area contributed by atoms with E-state index in [1.165, 1.54) is 25.7 Å². The number of rotatable bonds is 4. The number of hydrogen-bond donors (Lipinski definition) is 1. The molecule has 0 aliphatic heterocycles. The van der Waals surface area contributed by atoms with E-state index in [1.54, 1.807) is 10.9 Å². The number of fused-ring (bicyclic) bond motifs is 2. The van der Waals surface area contributed by atoms with Gasteiger partial charge in [0.15, 0.2) is 0 Å². The summed E-state index contributed by atoms with van der Waals surface area (Å²) in [7, 11) is 0. The zero-order chi connectivity index (χ0) is 14.3. The summed E-state index contributed by atoms with van der Waals surface area (Å²) < 4.78 is 1.61. The van der Waals surface area contributed by atoms with E-state index in [4.69, 9.17) is 11.6 Å². The van der Waals surface area contributed by atoms with Gasteiger partial charge in [-0.1, -0.05) is 18.0 Å². The molecule has 2 aliphatic rings. The van der Waals surface area contributed by atoms with Crippen LogP contribution < -0.4 is 5.32 Å². The van der Waals surface area contributed by atoms with Gasteiger partial charge in [0, 0.05) is 12.2 Å². The summed E-state index contributed by atoms with van der Waals surface area (Å²) in [4.78, 5) is 12.1. The Kier molecular flexibility index (Phi) is 3.76. The van der Waals surface area contributed by atoms with Crippen molar-refractivity contribution >= 4 is 17.5 Å². The number of carbonyl (C=O) groups is 1. The number of amides is 1. The molecule has 3 rings (SSSR count). The second-order valence-electron chi connectivity index (χ2n) is 6.45. The van der Waals surface area contributed by atoms with Crippen molar-refractivity contribution in [2.75, 3.05) is 0 Å². The quantitative estimate of drug-likeness (QED) is 0.928. The first-order chi connectivity index (χ1) is 9.52. The molecule has 0 aromatic carbocycles. The molecular weight excluding hydrogens is 274 g/mol. The molecule has 4 nitrogen and oxygen atoms in total. The second kappa shape index (κ2) is 5.40. The maximum absolute atomic E-state index is 12.1. The summed E-state index contributed by atoms with van der Waals surface area (Å²) in [6.45, 7) is 4.23. The predicted octanol–water partition coefficient (Wildman–Crippen LogP) is 2.79. The van der Waals surface area contributed by atoms with Crippen LogP contribution in [0.4, 0.5) is 0 Å². The molecule has 0 unspecified atom stereocenters. The maximum Gasteiger partial charge on any atom is 0.241 e. The first-order valence-corrected chi connectivity index (χ1v) is 7.89. The minimum absolute atomic E-state index is 0.0273. The molecule has 1 aromatic heterocycles. The maximum atomic E-state index is 12.1. The molecule has 2 aliphatic carbocycles. The van der Waals surface area contributed by atoms with E-state index in [2.05, 4.69) is 17.3 Å². The fourth-order valence-electron chi connectivity index (χ4n) is 4.03. The van der Waals surface area contributed by atoms with Crippen LogP contribution in [0.5, 0.6) is 0 Å². The number of nitrogens with one attached hydrogen (secondary N) is 1. The first-order valence-electron chi connectivity index (χ1n) is 7.52. The van der Waals surface area contributed by atoms with Gasteiger partial charge in [-0.05, 0) is 50.9 Å². The lowest BCUT2D eigenvalue weighted by Crippen LogP contribution is -2.41. The Bertz CT molecular complexity index is 494. The molecule has 2 fully saturated rings. The summed E-state index contributed by atoms with van der Waals surface area (Å²) >= 11 is 5.95. The highest BCUT2D eigenvalue weighted by Crippen LogP contribution is 2.49. The third-order valence-electron chi connectivity index (χ3n) is 5.02. The van der Waals surface area contributed by atoms with Crippen LogP contribution in [-0.4, -0.2) is 21.7 Å². The molecule has 0 saturated heterocycles. The number of halogens is 1. The van der Waals surface area contributed by atoms with Crippen LogP contribution in [0.3, 0.4) is 0 Å². The molecule has 5 heteroatoms. The Hall–Kier alpha value is -1.03. The van der Waals surface area contributed by atoms with Crippen LogP contribution in [-0.2, 0) is 11.3 Å². The molecule has 1 amide bonds. The smallest absolute Gasteiger partial charge is 0.241 e. The zero-order valence-electron chi connectivity index (χ0n) is 12.1. The second-order valence-corrected chi connectivity index (χ2v) is 6.86. The molecule has 0 spiro atoms. The lowest BCUT2D eigenvalue weighted by Gasteiger charge is -2.28. The average Bonchev–Trinajstić information content (AvgIpc) is 3.06. The first kappa shape index (κ1) is 13.9. The lowest BCUT2D eigenvalue weighted by atomic mass is 9.84. The van der Waals surface area contributed by atoms with E-state index >= 15 is 0 Å². The Labute approximate surface area is 124 Å². The van der Waals surface area contributed by atoms with Gasteiger partial charge in [-0.15, -0.1) is 0 Å². The van der Waals surface area contributed by atoms with Gasteiger partial charge >= 0.3 is 0 Å². The van der Waals surface area contributed by atoms with Crippen molar-refractivity contribution in [3.63, 3.8) is 0 Å². The van der Waals surface area contributed by atoms with Crippen molar-refractivity contribution in [1.29, 1.82) is 0 Å². The fourth-order valence-corrected chi connectivity index (χ4v) is 4.19. The molecule has 1 aromatic rings. The SMILES string of the molecule is Cc1nn(CC(=O)N[C@@H](C)[C@H]2C[C@@H]3CC[C@@H]2C3)cc1Cl. The lowest BCUT2D eigenvalue weighted by molar-refractivity contribution is -0.122. The molecule has 0 radical (unpaired) electrons. The number of aryl methyl sites for hydroxylation is 1. The van der Waals surface area contributed by atoms with Gasteiger partial charge in [0.25, 0.3) is 0 Å². The van der Waals surface area contributed by atoms with Crippen LogP contribution in [0.25, 0.3) is 0 Å². The van der Waals surface area contributed by atoms with Crippen molar-refractivity contribution in [3.05, 3.63) is 16.9 Å². The fraction of sp³-hybridized carbons (Fsp3) is 0.733. The van der Waals surface area contributed by atoms with Gasteiger partial charge in [-0.3, -0.25) is 9.48 Å².